The largest absolute Gasteiger partial charge is 1.00 e. The van der Waals surface area contributed by atoms with E-state index in [1.165, 1.54) is 0 Å². The van der Waals surface area contributed by atoms with Crippen LogP contribution in [0.15, 0.2) is 15.8 Å². The minimum atomic E-state index is -4.82. The molecule has 3 N–H and O–H groups in total. The number of ketones is 1. The molecule has 150 valence electrons. The quantitative estimate of drug-likeness (QED) is 0.201. The summed E-state index contributed by atoms with van der Waals surface area (Å²) in [5.41, 5.74) is -2.40. The molecule has 1 fully saturated rings. The molecule has 2 rings (SSSR count). The number of H-pyrrole nitrogens is 1. The van der Waals surface area contributed by atoms with E-state index in [0.29, 0.717) is 4.57 Å². The summed E-state index contributed by atoms with van der Waals surface area (Å²) in [7, 11) is -4.82. The molecule has 0 amide bonds. The zero-order chi connectivity index (χ0) is 20.5. The molecule has 1 aromatic heterocycles. The Bertz CT molecular complexity index is 917. The molecule has 1 aliphatic heterocycles. The molecular weight excluding hydrogens is 437 g/mol. The first kappa shape index (κ1) is 28.9. The third-order valence-corrected chi connectivity index (χ3v) is 4.90. The standard InChI is InChI=1S/C13H17N2O11P.2Na/c1-5(16)6-2-15(13(22)14-11(6)21)12-10(20)9(19)7(26-12)3-25-27(23,24)4-8(17)18;;/h2,7,9-10,12,19-20H,3-4H2,1H3,(H,17,18)(H,23,24)(H,14,21,22);;/q;2*+1/p-2/t7-,9-,10+,12-;;/m1../s1. The van der Waals surface area contributed by atoms with Gasteiger partial charge in [-0.15, -0.1) is 0 Å². The maximum Gasteiger partial charge on any atom is 1.00 e. The molecule has 0 bridgehead atoms. The molecule has 1 aliphatic rings. The summed E-state index contributed by atoms with van der Waals surface area (Å²) in [6, 6.07) is 0. The van der Waals surface area contributed by atoms with E-state index in [0.717, 1.165) is 13.1 Å². The second-order valence-electron chi connectivity index (χ2n) is 5.75. The van der Waals surface area contributed by atoms with Crippen molar-refractivity contribution in [3.8, 4) is 0 Å². The minimum absolute atomic E-state index is 0. The molecule has 5 atom stereocenters. The first-order valence-electron chi connectivity index (χ1n) is 7.45. The number of nitrogens with one attached hydrogen (secondary N) is 1. The summed E-state index contributed by atoms with van der Waals surface area (Å²) >= 11 is 0. The van der Waals surface area contributed by atoms with Crippen molar-refractivity contribution in [3.05, 3.63) is 32.6 Å². The van der Waals surface area contributed by atoms with Gasteiger partial charge in [0.1, 0.15) is 25.9 Å². The van der Waals surface area contributed by atoms with E-state index in [2.05, 4.69) is 4.52 Å². The van der Waals surface area contributed by atoms with Crippen LogP contribution in [0.2, 0.25) is 0 Å². The summed E-state index contributed by atoms with van der Waals surface area (Å²) in [6.07, 6.45) is -7.03. The third kappa shape index (κ3) is 7.20. The van der Waals surface area contributed by atoms with Crippen LogP contribution in [0.1, 0.15) is 23.5 Å². The number of aliphatic hydroxyl groups excluding tert-OH is 2. The molecule has 1 aromatic rings. The van der Waals surface area contributed by atoms with Gasteiger partial charge in [-0.3, -0.25) is 19.1 Å². The average Bonchev–Trinajstić information content (AvgIpc) is 2.80. The Morgan fingerprint density at radius 3 is 2.41 bits per heavy atom. The molecule has 0 saturated carbocycles. The van der Waals surface area contributed by atoms with Crippen LogP contribution >= 0.6 is 7.60 Å². The Kier molecular flexibility index (Phi) is 11.4. The van der Waals surface area contributed by atoms with Crippen molar-refractivity contribution in [1.29, 1.82) is 0 Å². The van der Waals surface area contributed by atoms with Crippen LogP contribution in [0.5, 0.6) is 0 Å². The number of hydrogen-bond acceptors (Lipinski definition) is 11. The summed E-state index contributed by atoms with van der Waals surface area (Å²) in [6.45, 7) is 0.223. The van der Waals surface area contributed by atoms with Crippen LogP contribution in [0.4, 0.5) is 0 Å². The second-order valence-corrected chi connectivity index (χ2v) is 7.54. The van der Waals surface area contributed by atoms with Crippen LogP contribution in [0, 0.1) is 0 Å². The van der Waals surface area contributed by atoms with Crippen molar-refractivity contribution < 1.29 is 103 Å². The number of ether oxygens (including phenoxy) is 1. The summed E-state index contributed by atoms with van der Waals surface area (Å²) in [5, 5.41) is 30.4. The van der Waals surface area contributed by atoms with Gasteiger partial charge in [-0.1, -0.05) is 0 Å². The first-order chi connectivity index (χ1) is 12.4. The fraction of sp³-hybridized carbons (Fsp3) is 0.538. The van der Waals surface area contributed by atoms with Crippen molar-refractivity contribution in [3.63, 3.8) is 0 Å². The minimum Gasteiger partial charge on any atom is -0.778 e. The number of carboxylic acids is 1. The number of nitrogens with zero attached hydrogens (tertiary/aromatic N) is 1. The number of hydrogen-bond donors (Lipinski definition) is 3. The Morgan fingerprint density at radius 2 is 1.90 bits per heavy atom. The first-order valence-corrected chi connectivity index (χ1v) is 9.18. The number of aromatic nitrogens is 2. The van der Waals surface area contributed by atoms with Gasteiger partial charge in [-0.25, -0.2) is 4.79 Å². The SMILES string of the molecule is CC(=O)c1cn([C@@H]2O[C@H](COP(=O)([O-])CC(=O)[O-])[C@@H](O)[C@@H]2O)c(=O)[nH]c1=O.[Na+].[Na+]. The van der Waals surface area contributed by atoms with Crippen LogP contribution in [-0.4, -0.2) is 62.6 Å². The molecule has 29 heavy (non-hydrogen) atoms. The maximum atomic E-state index is 11.9. The van der Waals surface area contributed by atoms with E-state index < -0.39 is 73.5 Å². The van der Waals surface area contributed by atoms with E-state index >= 15 is 0 Å². The number of aliphatic hydroxyl groups is 2. The molecule has 0 aliphatic carbocycles. The van der Waals surface area contributed by atoms with E-state index in [1.54, 1.807) is 0 Å². The molecule has 2 heterocycles. The Labute approximate surface area is 207 Å². The van der Waals surface area contributed by atoms with Gasteiger partial charge in [0.25, 0.3) is 5.56 Å². The number of carbonyl (C=O) groups is 2. The molecule has 0 radical (unpaired) electrons. The fourth-order valence-corrected chi connectivity index (χ4v) is 3.19. The van der Waals surface area contributed by atoms with Gasteiger partial charge in [0.05, 0.1) is 18.3 Å². The van der Waals surface area contributed by atoms with Gasteiger partial charge in [0, 0.05) is 12.2 Å². The number of aromatic amines is 1. The molecule has 0 spiro atoms. The predicted octanol–water partition coefficient (Wildman–Crippen LogP) is -10.3. The summed E-state index contributed by atoms with van der Waals surface area (Å²) < 4.78 is 21.7. The summed E-state index contributed by atoms with van der Waals surface area (Å²) in [4.78, 5) is 58.5. The zero-order valence-corrected chi connectivity index (χ0v) is 20.7. The average molecular weight is 452 g/mol. The van der Waals surface area contributed by atoms with E-state index in [4.69, 9.17) is 4.74 Å². The van der Waals surface area contributed by atoms with E-state index in [9.17, 15) is 44.0 Å². The number of Topliss-reactive ketones (excluding diaryl/α,β-unsaturated/α-hetero) is 1. The normalized spacial score (nSPS) is 25.4. The Balaban J connectivity index is 0.00000392. The number of rotatable bonds is 7. The molecule has 0 aromatic carbocycles. The molecule has 1 unspecified atom stereocenters. The molecular formula is C13H15N2Na2O11P. The second kappa shape index (κ2) is 11.5. The van der Waals surface area contributed by atoms with Crippen LogP contribution in [0.25, 0.3) is 0 Å². The fourth-order valence-electron chi connectivity index (χ4n) is 2.41. The number of carboxylic acid groups (broad SMARTS) is 1. The van der Waals surface area contributed by atoms with Gasteiger partial charge < -0.3 is 38.8 Å². The van der Waals surface area contributed by atoms with E-state index in [-0.39, 0.29) is 59.1 Å². The zero-order valence-electron chi connectivity index (χ0n) is 15.8. The number of carbonyl (C=O) groups excluding carboxylic acids is 2. The smallest absolute Gasteiger partial charge is 0.778 e. The summed E-state index contributed by atoms with van der Waals surface area (Å²) in [5.74, 6) is -2.57. The molecule has 1 saturated heterocycles. The van der Waals surface area contributed by atoms with Gasteiger partial charge >= 0.3 is 64.8 Å². The number of aliphatic carboxylic acids is 1. The molecule has 16 heteroatoms. The van der Waals surface area contributed by atoms with Crippen molar-refractivity contribution >= 4 is 19.3 Å². The van der Waals surface area contributed by atoms with E-state index in [1.807, 2.05) is 4.98 Å². The Morgan fingerprint density at radius 1 is 1.31 bits per heavy atom. The Hall–Kier alpha value is -0.150. The van der Waals surface area contributed by atoms with Crippen molar-refractivity contribution in [2.24, 2.45) is 0 Å². The third-order valence-electron chi connectivity index (χ3n) is 3.72. The van der Waals surface area contributed by atoms with Crippen LogP contribution in [-0.2, 0) is 18.6 Å². The monoisotopic (exact) mass is 452 g/mol. The van der Waals surface area contributed by atoms with Gasteiger partial charge in [0.15, 0.2) is 12.0 Å². The maximum absolute atomic E-state index is 11.9. The van der Waals surface area contributed by atoms with Crippen LogP contribution < -0.4 is 80.4 Å². The van der Waals surface area contributed by atoms with Gasteiger partial charge in [0.2, 0.25) is 0 Å². The van der Waals surface area contributed by atoms with Crippen molar-refractivity contribution in [2.45, 2.75) is 31.5 Å². The van der Waals surface area contributed by atoms with Gasteiger partial charge in [-0.2, -0.15) is 0 Å². The van der Waals surface area contributed by atoms with Gasteiger partial charge in [-0.05, 0) is 6.92 Å². The molecule has 13 nitrogen and oxygen atoms in total. The van der Waals surface area contributed by atoms with Crippen LogP contribution in [0.3, 0.4) is 0 Å². The van der Waals surface area contributed by atoms with Crippen molar-refractivity contribution in [1.82, 2.24) is 9.55 Å². The topological polar surface area (TPSA) is 211 Å². The predicted molar refractivity (Wildman–Crippen MR) is 80.7 cm³/mol. The van der Waals surface area contributed by atoms with Crippen molar-refractivity contribution in [2.75, 3.05) is 12.8 Å².